The van der Waals surface area contributed by atoms with Crippen LogP contribution in [0.2, 0.25) is 0 Å². The van der Waals surface area contributed by atoms with E-state index in [4.69, 9.17) is 10.8 Å². The lowest BCUT2D eigenvalue weighted by molar-refractivity contribution is 0.668. The zero-order valence-corrected chi connectivity index (χ0v) is 10.0. The highest BCUT2D eigenvalue weighted by atomic mass is 15.3. The lowest BCUT2D eigenvalue weighted by Crippen LogP contribution is -2.40. The molecule has 1 unspecified atom stereocenters. The first-order valence-corrected chi connectivity index (χ1v) is 6.50. The Morgan fingerprint density at radius 2 is 2.00 bits per heavy atom. The van der Waals surface area contributed by atoms with Gasteiger partial charge in [0.1, 0.15) is 5.84 Å². The highest BCUT2D eigenvalue weighted by Crippen LogP contribution is 2.35. The number of amidine groups is 1. The normalized spacial score (nSPS) is 24.3. The number of aliphatic imine (C=N–C) groups is 1. The first-order chi connectivity index (χ1) is 8.38. The molecule has 3 nitrogen and oxygen atoms in total. The summed E-state index contributed by atoms with van der Waals surface area (Å²) in [6.07, 6.45) is 6.14. The number of rotatable bonds is 2. The molecule has 3 rings (SSSR count). The number of nitrogens with two attached hydrogens (primary N) is 1. The summed E-state index contributed by atoms with van der Waals surface area (Å²) < 4.78 is 0. The van der Waals surface area contributed by atoms with E-state index in [-0.39, 0.29) is 0 Å². The van der Waals surface area contributed by atoms with Crippen LogP contribution in [0.25, 0.3) is 0 Å². The van der Waals surface area contributed by atoms with E-state index in [0.717, 1.165) is 12.3 Å². The van der Waals surface area contributed by atoms with Crippen LogP contribution in [-0.4, -0.2) is 11.9 Å². The largest absolute Gasteiger partial charge is 0.312 e. The van der Waals surface area contributed by atoms with Crippen molar-refractivity contribution < 1.29 is 0 Å². The fourth-order valence-corrected chi connectivity index (χ4v) is 2.96. The minimum absolute atomic E-state index is 0.400. The number of nitrogens with zero attached hydrogens (tertiary/aromatic N) is 1. The quantitative estimate of drug-likeness (QED) is 0.353. The van der Waals surface area contributed by atoms with Gasteiger partial charge in [-0.05, 0) is 30.4 Å². The van der Waals surface area contributed by atoms with Crippen LogP contribution < -0.4 is 11.3 Å². The highest BCUT2D eigenvalue weighted by molar-refractivity contribution is 5.91. The zero-order valence-electron chi connectivity index (χ0n) is 10.0. The minimum Gasteiger partial charge on any atom is -0.312 e. The van der Waals surface area contributed by atoms with Crippen molar-refractivity contribution in [2.45, 2.75) is 44.1 Å². The Balaban J connectivity index is 1.79. The topological polar surface area (TPSA) is 50.4 Å². The van der Waals surface area contributed by atoms with Crippen LogP contribution in [0.3, 0.4) is 0 Å². The molecule has 0 spiro atoms. The number of fused-ring (bicyclic) bond motifs is 1. The molecule has 0 aliphatic heterocycles. The lowest BCUT2D eigenvalue weighted by Gasteiger charge is -2.31. The molecule has 3 N–H and O–H groups in total. The van der Waals surface area contributed by atoms with Gasteiger partial charge in [-0.3, -0.25) is 4.99 Å². The Morgan fingerprint density at radius 1 is 1.24 bits per heavy atom. The van der Waals surface area contributed by atoms with Crippen molar-refractivity contribution in [1.29, 1.82) is 0 Å². The van der Waals surface area contributed by atoms with Gasteiger partial charge < -0.3 is 5.43 Å². The molecular weight excluding hydrogens is 210 g/mol. The maximum Gasteiger partial charge on any atom is 0.119 e. The summed E-state index contributed by atoms with van der Waals surface area (Å²) in [5.41, 5.74) is 5.65. The second kappa shape index (κ2) is 4.49. The molecular formula is C14H19N3. The molecule has 3 heteroatoms. The number of hydrogen-bond acceptors (Lipinski definition) is 2. The maximum atomic E-state index is 5.64. The highest BCUT2D eigenvalue weighted by Gasteiger charge is 2.30. The molecule has 0 amide bonds. The Kier molecular flexibility index (Phi) is 2.85. The van der Waals surface area contributed by atoms with Crippen LogP contribution in [0.1, 0.15) is 42.7 Å². The molecule has 1 saturated carbocycles. The van der Waals surface area contributed by atoms with Crippen LogP contribution in [0, 0.1) is 0 Å². The maximum absolute atomic E-state index is 5.64. The zero-order chi connectivity index (χ0) is 11.7. The summed E-state index contributed by atoms with van der Waals surface area (Å²) in [4.78, 5) is 4.80. The molecule has 17 heavy (non-hydrogen) atoms. The van der Waals surface area contributed by atoms with Gasteiger partial charge >= 0.3 is 0 Å². The Hall–Kier alpha value is -1.35. The van der Waals surface area contributed by atoms with Crippen LogP contribution in [0.15, 0.2) is 29.3 Å². The molecule has 1 aromatic carbocycles. The molecule has 0 saturated heterocycles. The summed E-state index contributed by atoms with van der Waals surface area (Å²) in [7, 11) is 0. The Bertz CT molecular complexity index is 433. The monoisotopic (exact) mass is 229 g/mol. The number of hydrazine groups is 1. The van der Waals surface area contributed by atoms with Gasteiger partial charge in [-0.25, -0.2) is 5.84 Å². The minimum atomic E-state index is 0.400. The number of nitrogens with one attached hydrogen (secondary N) is 1. The molecule has 0 heterocycles. The molecule has 90 valence electrons. The van der Waals surface area contributed by atoms with Gasteiger partial charge in [0, 0.05) is 5.92 Å². The van der Waals surface area contributed by atoms with E-state index in [1.54, 1.807) is 0 Å². The second-order valence-electron chi connectivity index (χ2n) is 5.05. The smallest absolute Gasteiger partial charge is 0.119 e. The molecule has 2 aliphatic carbocycles. The second-order valence-corrected chi connectivity index (χ2v) is 5.05. The van der Waals surface area contributed by atoms with Gasteiger partial charge in [-0.15, -0.1) is 0 Å². The van der Waals surface area contributed by atoms with E-state index in [1.807, 2.05) is 0 Å². The van der Waals surface area contributed by atoms with Gasteiger partial charge in [0.2, 0.25) is 0 Å². The van der Waals surface area contributed by atoms with Gasteiger partial charge in [0.05, 0.1) is 6.04 Å². The van der Waals surface area contributed by atoms with Gasteiger partial charge in [-0.2, -0.15) is 0 Å². The Morgan fingerprint density at radius 3 is 2.71 bits per heavy atom. The van der Waals surface area contributed by atoms with Crippen molar-refractivity contribution in [2.24, 2.45) is 10.8 Å². The van der Waals surface area contributed by atoms with Gasteiger partial charge in [-0.1, -0.05) is 37.1 Å². The average molecular weight is 229 g/mol. The lowest BCUT2D eigenvalue weighted by atomic mass is 9.77. The first-order valence-electron chi connectivity index (χ1n) is 6.50. The molecule has 1 aromatic rings. The predicted octanol–water partition coefficient (Wildman–Crippen LogP) is 2.13. The fraction of sp³-hybridized carbons (Fsp3) is 0.500. The molecule has 1 fully saturated rings. The van der Waals surface area contributed by atoms with Crippen molar-refractivity contribution in [3.8, 4) is 0 Å². The van der Waals surface area contributed by atoms with E-state index >= 15 is 0 Å². The molecule has 0 radical (unpaired) electrons. The van der Waals surface area contributed by atoms with Crippen LogP contribution >= 0.6 is 0 Å². The average Bonchev–Trinajstić information content (AvgIpc) is 2.82. The molecule has 1 atom stereocenters. The van der Waals surface area contributed by atoms with Crippen LogP contribution in [0.4, 0.5) is 0 Å². The first kappa shape index (κ1) is 10.8. The third-order valence-corrected chi connectivity index (χ3v) is 3.98. The SMILES string of the molecule is NNC(=NC1CCCC1)C1Cc2ccccc21. The van der Waals surface area contributed by atoms with Crippen molar-refractivity contribution in [3.05, 3.63) is 35.4 Å². The molecule has 0 bridgehead atoms. The third-order valence-electron chi connectivity index (χ3n) is 3.98. The van der Waals surface area contributed by atoms with Crippen molar-refractivity contribution in [3.63, 3.8) is 0 Å². The van der Waals surface area contributed by atoms with E-state index in [1.165, 1.54) is 36.8 Å². The fourth-order valence-electron chi connectivity index (χ4n) is 2.96. The van der Waals surface area contributed by atoms with E-state index in [0.29, 0.717) is 12.0 Å². The summed E-state index contributed by atoms with van der Waals surface area (Å²) >= 11 is 0. The number of benzene rings is 1. The van der Waals surface area contributed by atoms with Crippen molar-refractivity contribution in [2.75, 3.05) is 0 Å². The number of hydrogen-bond donors (Lipinski definition) is 2. The van der Waals surface area contributed by atoms with Crippen LogP contribution in [-0.2, 0) is 6.42 Å². The predicted molar refractivity (Wildman–Crippen MR) is 69.9 cm³/mol. The molecule has 2 aliphatic rings. The summed E-state index contributed by atoms with van der Waals surface area (Å²) in [6, 6.07) is 9.06. The summed E-state index contributed by atoms with van der Waals surface area (Å²) in [6.45, 7) is 0. The third kappa shape index (κ3) is 1.95. The van der Waals surface area contributed by atoms with E-state index in [2.05, 4.69) is 29.7 Å². The van der Waals surface area contributed by atoms with E-state index in [9.17, 15) is 0 Å². The van der Waals surface area contributed by atoms with Crippen molar-refractivity contribution >= 4 is 5.84 Å². The summed E-state index contributed by atoms with van der Waals surface area (Å²) in [5.74, 6) is 7.02. The van der Waals surface area contributed by atoms with Crippen molar-refractivity contribution in [1.82, 2.24) is 5.43 Å². The molecule has 0 aromatic heterocycles. The van der Waals surface area contributed by atoms with Gasteiger partial charge in [0.25, 0.3) is 0 Å². The van der Waals surface area contributed by atoms with Crippen LogP contribution in [0.5, 0.6) is 0 Å². The summed E-state index contributed by atoms with van der Waals surface area (Å²) in [5, 5.41) is 0. The standard InChI is InChI=1S/C14H19N3/c15-17-14(16-11-6-2-3-7-11)13-9-10-5-1-4-8-12(10)13/h1,4-5,8,11,13H,2-3,6-7,9,15H2,(H,16,17). The van der Waals surface area contributed by atoms with Gasteiger partial charge in [0.15, 0.2) is 0 Å². The Labute approximate surface area is 102 Å². The van der Waals surface area contributed by atoms with E-state index < -0.39 is 0 Å².